The van der Waals surface area contributed by atoms with Crippen molar-refractivity contribution in [1.82, 2.24) is 4.90 Å². The van der Waals surface area contributed by atoms with E-state index >= 15 is 0 Å². The van der Waals surface area contributed by atoms with Crippen LogP contribution in [0.5, 0.6) is 0 Å². The average molecular weight is 273 g/mol. The van der Waals surface area contributed by atoms with Crippen LogP contribution in [0.3, 0.4) is 0 Å². The third-order valence-electron chi connectivity index (χ3n) is 0.989. The summed E-state index contributed by atoms with van der Waals surface area (Å²) in [5.74, 6) is 0. The van der Waals surface area contributed by atoms with Crippen molar-refractivity contribution in [1.29, 1.82) is 0 Å². The van der Waals surface area contributed by atoms with Crippen molar-refractivity contribution in [3.8, 4) is 0 Å². The lowest BCUT2D eigenvalue weighted by molar-refractivity contribution is -0.637. The topological polar surface area (TPSA) is 3.24 Å². The van der Waals surface area contributed by atoms with Gasteiger partial charge in [0, 0.05) is 24.9 Å². The first-order valence-corrected chi connectivity index (χ1v) is 6.73. The van der Waals surface area contributed by atoms with E-state index in [1.54, 1.807) is 0 Å². The summed E-state index contributed by atoms with van der Waals surface area (Å²) in [5, 5.41) is 0. The Morgan fingerprint density at radius 3 is 2.00 bits per heavy atom. The van der Waals surface area contributed by atoms with Crippen molar-refractivity contribution in [3.63, 3.8) is 0 Å². The fraction of sp³-hybridized carbons (Fsp3) is 0.667. The summed E-state index contributed by atoms with van der Waals surface area (Å²) in [7, 11) is 10.5. The van der Waals surface area contributed by atoms with Crippen molar-refractivity contribution in [2.45, 2.75) is 0 Å². The second-order valence-electron chi connectivity index (χ2n) is 2.94. The van der Waals surface area contributed by atoms with Crippen LogP contribution in [-0.4, -0.2) is 45.6 Å². The standard InChI is InChI=1S/C6H12N2S5/c1-7(2)5(9)12-13-6(10)8(3,4)11/h1-4H3. The minimum absolute atomic E-state index is 0.267. The highest BCUT2D eigenvalue weighted by Crippen LogP contribution is 2.28. The van der Waals surface area contributed by atoms with E-state index in [-0.39, 0.29) is 3.89 Å². The van der Waals surface area contributed by atoms with E-state index in [0.29, 0.717) is 0 Å². The fourth-order valence-electron chi connectivity index (χ4n) is 0.236. The molecule has 76 valence electrons. The van der Waals surface area contributed by atoms with Crippen LogP contribution >= 0.6 is 46.0 Å². The molecule has 0 saturated carbocycles. The van der Waals surface area contributed by atoms with E-state index in [9.17, 15) is 0 Å². The first-order chi connectivity index (χ1) is 5.75. The Labute approximate surface area is 104 Å². The van der Waals surface area contributed by atoms with Gasteiger partial charge in [0.25, 0.3) is 0 Å². The number of hydrogen-bond acceptors (Lipinski definition) is 5. The molecule has 13 heavy (non-hydrogen) atoms. The minimum Gasteiger partial charge on any atom is -0.487 e. The van der Waals surface area contributed by atoms with Gasteiger partial charge in [0.15, 0.2) is 0 Å². The summed E-state index contributed by atoms with van der Waals surface area (Å²) in [6, 6.07) is 0. The molecule has 0 aromatic rings. The normalized spacial score (nSPS) is 11.2. The number of thiocarbonyl (C=S) groups is 2. The Morgan fingerprint density at radius 2 is 1.69 bits per heavy atom. The van der Waals surface area contributed by atoms with Gasteiger partial charge in [0.1, 0.15) is 4.32 Å². The van der Waals surface area contributed by atoms with Crippen LogP contribution in [0.4, 0.5) is 0 Å². The molecule has 0 heterocycles. The minimum atomic E-state index is 0.267. The van der Waals surface area contributed by atoms with Crippen molar-refractivity contribution >= 4 is 67.5 Å². The third-order valence-corrected chi connectivity index (χ3v) is 5.74. The predicted octanol–water partition coefficient (Wildman–Crippen LogP) is 2.04. The van der Waals surface area contributed by atoms with Gasteiger partial charge in [-0.25, -0.2) is 0 Å². The average Bonchev–Trinajstić information content (AvgIpc) is 1.97. The Bertz CT molecular complexity index is 208. The smallest absolute Gasteiger partial charge is 0.226 e. The van der Waals surface area contributed by atoms with Crippen LogP contribution in [0.15, 0.2) is 0 Å². The van der Waals surface area contributed by atoms with Crippen LogP contribution in [0.1, 0.15) is 0 Å². The van der Waals surface area contributed by atoms with E-state index in [1.165, 1.54) is 21.6 Å². The summed E-state index contributed by atoms with van der Waals surface area (Å²) in [5.41, 5.74) is 0. The van der Waals surface area contributed by atoms with Gasteiger partial charge < -0.3 is 21.6 Å². The Morgan fingerprint density at radius 1 is 1.23 bits per heavy atom. The lowest BCUT2D eigenvalue weighted by atomic mass is 11.0. The Kier molecular flexibility index (Phi) is 6.21. The fourth-order valence-corrected chi connectivity index (χ4v) is 3.01. The molecule has 0 aliphatic carbocycles. The van der Waals surface area contributed by atoms with Crippen molar-refractivity contribution in [2.75, 3.05) is 28.2 Å². The molecule has 7 heteroatoms. The number of nitrogens with zero attached hydrogens (tertiary/aromatic N) is 2. The molecule has 0 unspecified atom stereocenters. The summed E-state index contributed by atoms with van der Waals surface area (Å²) < 4.78 is 1.81. The lowest BCUT2D eigenvalue weighted by Gasteiger charge is -2.33. The second-order valence-corrected chi connectivity index (χ2v) is 7.25. The monoisotopic (exact) mass is 272 g/mol. The Balaban J connectivity index is 3.92. The van der Waals surface area contributed by atoms with E-state index in [2.05, 4.69) is 0 Å². The first kappa shape index (κ1) is 14.0. The Hall–Kier alpha value is 0.990. The highest BCUT2D eigenvalue weighted by atomic mass is 33.1. The van der Waals surface area contributed by atoms with Crippen LogP contribution < -0.4 is 0 Å². The van der Waals surface area contributed by atoms with Crippen molar-refractivity contribution in [3.05, 3.63) is 0 Å². The predicted molar refractivity (Wildman–Crippen MR) is 73.5 cm³/mol. The summed E-state index contributed by atoms with van der Waals surface area (Å²) in [4.78, 5) is 1.87. The molecule has 0 aliphatic heterocycles. The zero-order valence-electron chi connectivity index (χ0n) is 7.94. The van der Waals surface area contributed by atoms with E-state index in [1.807, 2.05) is 33.1 Å². The molecule has 0 radical (unpaired) electrons. The zero-order chi connectivity index (χ0) is 10.6. The molecule has 0 aromatic heterocycles. The van der Waals surface area contributed by atoms with Crippen LogP contribution in [0.2, 0.25) is 0 Å². The maximum absolute atomic E-state index is 5.13. The van der Waals surface area contributed by atoms with E-state index in [0.717, 1.165) is 8.64 Å². The van der Waals surface area contributed by atoms with Gasteiger partial charge in [-0.3, -0.25) is 0 Å². The van der Waals surface area contributed by atoms with Gasteiger partial charge in [-0.15, -0.1) is 0 Å². The van der Waals surface area contributed by atoms with Gasteiger partial charge in [0.2, 0.25) is 4.32 Å². The SMILES string of the molecule is CN(C)C(=S)SSC(=S)[N+](C)(C)[S-]. The van der Waals surface area contributed by atoms with Crippen LogP contribution in [0.25, 0.3) is 0 Å². The molecule has 0 spiro atoms. The summed E-state index contributed by atoms with van der Waals surface area (Å²) >= 11 is 15.3. The first-order valence-electron chi connectivity index (χ1n) is 3.40. The second kappa shape index (κ2) is 5.77. The number of quaternary nitrogens is 1. The van der Waals surface area contributed by atoms with Gasteiger partial charge in [-0.05, 0) is 23.0 Å². The zero-order valence-corrected chi connectivity index (χ0v) is 12.0. The van der Waals surface area contributed by atoms with E-state index in [4.69, 9.17) is 37.3 Å². The highest BCUT2D eigenvalue weighted by Gasteiger charge is 2.12. The largest absolute Gasteiger partial charge is 0.487 e. The van der Waals surface area contributed by atoms with Crippen LogP contribution in [0, 0.1) is 0 Å². The van der Waals surface area contributed by atoms with Gasteiger partial charge in [0.05, 0.1) is 14.1 Å². The van der Waals surface area contributed by atoms with Gasteiger partial charge in [-0.1, -0.05) is 12.2 Å². The molecular formula is C6H12N2S5. The molecule has 0 N–H and O–H groups in total. The van der Waals surface area contributed by atoms with Gasteiger partial charge in [-0.2, -0.15) is 0 Å². The molecule has 2 nitrogen and oxygen atoms in total. The summed E-state index contributed by atoms with van der Waals surface area (Å²) in [6.07, 6.45) is 0. The molecule has 0 bridgehead atoms. The third kappa shape index (κ3) is 6.14. The lowest BCUT2D eigenvalue weighted by Crippen LogP contribution is -2.35. The summed E-state index contributed by atoms with van der Waals surface area (Å²) in [6.45, 7) is 0. The highest BCUT2D eigenvalue weighted by molar-refractivity contribution is 8.89. The molecule has 0 fully saturated rings. The van der Waals surface area contributed by atoms with Crippen molar-refractivity contribution < 1.29 is 3.89 Å². The molecule has 0 atom stereocenters. The maximum atomic E-state index is 5.13. The van der Waals surface area contributed by atoms with Crippen LogP contribution in [-0.2, 0) is 12.8 Å². The molecule has 0 aliphatic rings. The molecular weight excluding hydrogens is 260 g/mol. The number of rotatable bonds is 0. The molecule has 0 aromatic carbocycles. The van der Waals surface area contributed by atoms with Crippen molar-refractivity contribution in [2.24, 2.45) is 0 Å². The maximum Gasteiger partial charge on any atom is 0.226 e. The van der Waals surface area contributed by atoms with Gasteiger partial charge >= 0.3 is 0 Å². The number of hydrogen-bond donors (Lipinski definition) is 0. The quantitative estimate of drug-likeness (QED) is 0.285. The molecule has 0 saturated heterocycles. The van der Waals surface area contributed by atoms with E-state index < -0.39 is 0 Å². The molecule has 0 rings (SSSR count). The molecule has 0 amide bonds.